The normalized spacial score (nSPS) is 10.7. The Balaban J connectivity index is 0.00000364. The van der Waals surface area contributed by atoms with E-state index in [9.17, 15) is 0 Å². The lowest BCUT2D eigenvalue weighted by atomic mass is 10.1. The van der Waals surface area contributed by atoms with Crippen LogP contribution < -0.4 is 20.1 Å². The van der Waals surface area contributed by atoms with Crippen molar-refractivity contribution >= 4 is 29.9 Å². The fraction of sp³-hybridized carbons (Fsp3) is 0.400. The summed E-state index contributed by atoms with van der Waals surface area (Å²) in [5.41, 5.74) is 3.47. The molecule has 2 rings (SSSR count). The molecule has 0 saturated heterocycles. The van der Waals surface area contributed by atoms with E-state index in [1.165, 1.54) is 11.1 Å². The Kier molecular flexibility index (Phi) is 10.5. The SMILES string of the molecule is CCNC(=NCc1ccnc(OC)c1)NCCc1cc(C)ccc1OC.I. The summed E-state index contributed by atoms with van der Waals surface area (Å²) in [6.07, 6.45) is 2.59. The lowest BCUT2D eigenvalue weighted by Gasteiger charge is -2.13. The van der Waals surface area contributed by atoms with Crippen LogP contribution in [0.5, 0.6) is 11.6 Å². The number of nitrogens with zero attached hydrogens (tertiary/aromatic N) is 2. The molecular weight excluding hydrogens is 455 g/mol. The Morgan fingerprint density at radius 3 is 2.63 bits per heavy atom. The van der Waals surface area contributed by atoms with Crippen LogP contribution in [-0.2, 0) is 13.0 Å². The van der Waals surface area contributed by atoms with Gasteiger partial charge in [0.25, 0.3) is 0 Å². The second-order valence-electron chi connectivity index (χ2n) is 5.89. The molecule has 2 aromatic rings. The first-order chi connectivity index (χ1) is 12.7. The smallest absolute Gasteiger partial charge is 0.213 e. The first-order valence-electron chi connectivity index (χ1n) is 8.81. The highest BCUT2D eigenvalue weighted by Gasteiger charge is 2.04. The quantitative estimate of drug-likeness (QED) is 0.342. The lowest BCUT2D eigenvalue weighted by Crippen LogP contribution is -2.38. The Morgan fingerprint density at radius 2 is 1.93 bits per heavy atom. The van der Waals surface area contributed by atoms with Crippen molar-refractivity contribution in [3.05, 3.63) is 53.2 Å². The molecule has 2 N–H and O–H groups in total. The van der Waals surface area contributed by atoms with Crippen LogP contribution in [0.3, 0.4) is 0 Å². The van der Waals surface area contributed by atoms with Gasteiger partial charge in [-0.3, -0.25) is 0 Å². The molecule has 1 aromatic heterocycles. The standard InChI is InChI=1S/C20H28N4O2.HI/c1-5-21-20(24-14-16-8-10-22-19(13-16)26-4)23-11-9-17-12-15(2)6-7-18(17)25-3;/h6-8,10,12-13H,5,9,11,14H2,1-4H3,(H2,21,23,24);1H. The molecule has 0 bridgehead atoms. The van der Waals surface area contributed by atoms with E-state index in [1.807, 2.05) is 18.2 Å². The molecule has 0 fully saturated rings. The maximum absolute atomic E-state index is 5.44. The number of aryl methyl sites for hydroxylation is 1. The average molecular weight is 484 g/mol. The minimum atomic E-state index is 0. The van der Waals surface area contributed by atoms with Crippen molar-refractivity contribution in [3.8, 4) is 11.6 Å². The summed E-state index contributed by atoms with van der Waals surface area (Å²) in [4.78, 5) is 8.74. The number of hydrogen-bond donors (Lipinski definition) is 2. The predicted octanol–water partition coefficient (Wildman–Crippen LogP) is 3.32. The predicted molar refractivity (Wildman–Crippen MR) is 120 cm³/mol. The monoisotopic (exact) mass is 484 g/mol. The number of methoxy groups -OCH3 is 2. The number of guanidine groups is 1. The van der Waals surface area contributed by atoms with Crippen LogP contribution in [0.1, 0.15) is 23.6 Å². The van der Waals surface area contributed by atoms with Crippen molar-refractivity contribution in [3.63, 3.8) is 0 Å². The number of halogens is 1. The zero-order chi connectivity index (χ0) is 18.8. The van der Waals surface area contributed by atoms with Crippen molar-refractivity contribution in [2.24, 2.45) is 4.99 Å². The molecule has 0 atom stereocenters. The molecule has 0 radical (unpaired) electrons. The number of benzene rings is 1. The molecule has 0 saturated carbocycles. The van der Waals surface area contributed by atoms with Gasteiger partial charge < -0.3 is 20.1 Å². The Labute approximate surface area is 178 Å². The lowest BCUT2D eigenvalue weighted by molar-refractivity contribution is 0.397. The molecule has 148 valence electrons. The number of nitrogens with one attached hydrogen (secondary N) is 2. The molecule has 6 nitrogen and oxygen atoms in total. The summed E-state index contributed by atoms with van der Waals surface area (Å²) in [5.74, 6) is 2.31. The second-order valence-corrected chi connectivity index (χ2v) is 5.89. The van der Waals surface area contributed by atoms with Gasteiger partial charge >= 0.3 is 0 Å². The van der Waals surface area contributed by atoms with E-state index in [1.54, 1.807) is 20.4 Å². The number of aliphatic imine (C=N–C) groups is 1. The van der Waals surface area contributed by atoms with Crippen molar-refractivity contribution in [2.75, 3.05) is 27.3 Å². The maximum atomic E-state index is 5.44. The summed E-state index contributed by atoms with van der Waals surface area (Å²) in [6.45, 7) is 6.27. The topological polar surface area (TPSA) is 67.8 Å². The molecule has 27 heavy (non-hydrogen) atoms. The summed E-state index contributed by atoms with van der Waals surface area (Å²) < 4.78 is 10.6. The van der Waals surface area contributed by atoms with Crippen LogP contribution >= 0.6 is 24.0 Å². The summed E-state index contributed by atoms with van der Waals surface area (Å²) >= 11 is 0. The zero-order valence-electron chi connectivity index (χ0n) is 16.4. The first kappa shape index (κ1) is 23.0. The minimum Gasteiger partial charge on any atom is -0.496 e. The fourth-order valence-corrected chi connectivity index (χ4v) is 2.59. The van der Waals surface area contributed by atoms with Crippen LogP contribution in [-0.4, -0.2) is 38.3 Å². The van der Waals surface area contributed by atoms with Crippen LogP contribution in [0.15, 0.2) is 41.5 Å². The van der Waals surface area contributed by atoms with Gasteiger partial charge in [-0.2, -0.15) is 0 Å². The van der Waals surface area contributed by atoms with Gasteiger partial charge in [-0.1, -0.05) is 17.7 Å². The number of ether oxygens (including phenoxy) is 2. The molecule has 0 amide bonds. The molecule has 1 heterocycles. The van der Waals surface area contributed by atoms with E-state index >= 15 is 0 Å². The van der Waals surface area contributed by atoms with Crippen molar-refractivity contribution in [1.29, 1.82) is 0 Å². The van der Waals surface area contributed by atoms with Crippen LogP contribution in [0.4, 0.5) is 0 Å². The molecule has 0 unspecified atom stereocenters. The van der Waals surface area contributed by atoms with E-state index in [0.717, 1.165) is 36.8 Å². The third-order valence-electron chi connectivity index (χ3n) is 3.90. The molecule has 0 aliphatic carbocycles. The number of pyridine rings is 1. The van der Waals surface area contributed by atoms with Gasteiger partial charge in [-0.05, 0) is 43.5 Å². The van der Waals surface area contributed by atoms with E-state index in [-0.39, 0.29) is 24.0 Å². The fourth-order valence-electron chi connectivity index (χ4n) is 2.59. The highest BCUT2D eigenvalue weighted by Crippen LogP contribution is 2.19. The molecule has 0 aliphatic rings. The Morgan fingerprint density at radius 1 is 1.11 bits per heavy atom. The van der Waals surface area contributed by atoms with Crippen molar-refractivity contribution < 1.29 is 9.47 Å². The van der Waals surface area contributed by atoms with Crippen LogP contribution in [0, 0.1) is 6.92 Å². The highest BCUT2D eigenvalue weighted by atomic mass is 127. The largest absolute Gasteiger partial charge is 0.496 e. The van der Waals surface area contributed by atoms with Gasteiger partial charge in [-0.25, -0.2) is 9.98 Å². The van der Waals surface area contributed by atoms with E-state index < -0.39 is 0 Å². The molecule has 1 aromatic carbocycles. The number of aromatic nitrogens is 1. The van der Waals surface area contributed by atoms with Crippen LogP contribution in [0.2, 0.25) is 0 Å². The Bertz CT molecular complexity index is 738. The van der Waals surface area contributed by atoms with Crippen molar-refractivity contribution in [2.45, 2.75) is 26.8 Å². The third kappa shape index (κ3) is 7.62. The highest BCUT2D eigenvalue weighted by molar-refractivity contribution is 14.0. The van der Waals surface area contributed by atoms with E-state index in [4.69, 9.17) is 9.47 Å². The van der Waals surface area contributed by atoms with Gasteiger partial charge in [0.1, 0.15) is 5.75 Å². The molecule has 0 spiro atoms. The first-order valence-corrected chi connectivity index (χ1v) is 8.81. The second kappa shape index (κ2) is 12.4. The van der Waals surface area contributed by atoms with E-state index in [2.05, 4.69) is 46.6 Å². The number of rotatable bonds is 8. The summed E-state index contributed by atoms with van der Waals surface area (Å²) in [6, 6.07) is 10.1. The van der Waals surface area contributed by atoms with Gasteiger partial charge in [0.15, 0.2) is 5.96 Å². The molecule has 0 aliphatic heterocycles. The van der Waals surface area contributed by atoms with Crippen LogP contribution in [0.25, 0.3) is 0 Å². The van der Waals surface area contributed by atoms with Gasteiger partial charge in [0.05, 0.1) is 20.8 Å². The summed E-state index contributed by atoms with van der Waals surface area (Å²) in [5, 5.41) is 6.64. The van der Waals surface area contributed by atoms with Crippen molar-refractivity contribution in [1.82, 2.24) is 15.6 Å². The third-order valence-corrected chi connectivity index (χ3v) is 3.90. The van der Waals surface area contributed by atoms with Gasteiger partial charge in [0.2, 0.25) is 5.88 Å². The zero-order valence-corrected chi connectivity index (χ0v) is 18.7. The Hall–Kier alpha value is -2.03. The van der Waals surface area contributed by atoms with Gasteiger partial charge in [0, 0.05) is 25.4 Å². The molecule has 7 heteroatoms. The maximum Gasteiger partial charge on any atom is 0.213 e. The average Bonchev–Trinajstić information content (AvgIpc) is 2.66. The summed E-state index contributed by atoms with van der Waals surface area (Å²) in [7, 11) is 3.32. The molecular formula is C20H29IN4O2. The minimum absolute atomic E-state index is 0. The van der Waals surface area contributed by atoms with E-state index in [0.29, 0.717) is 12.4 Å². The van der Waals surface area contributed by atoms with Gasteiger partial charge in [-0.15, -0.1) is 24.0 Å². The number of hydrogen-bond acceptors (Lipinski definition) is 4.